The van der Waals surface area contributed by atoms with Gasteiger partial charge in [0.25, 0.3) is 0 Å². The van der Waals surface area contributed by atoms with Crippen molar-refractivity contribution in [3.05, 3.63) is 0 Å². The van der Waals surface area contributed by atoms with Gasteiger partial charge in [-0.2, -0.15) is 0 Å². The van der Waals surface area contributed by atoms with E-state index in [1.165, 1.54) is 103 Å². The molecule has 9 aliphatic rings. The van der Waals surface area contributed by atoms with Crippen LogP contribution in [0.3, 0.4) is 0 Å². The van der Waals surface area contributed by atoms with Gasteiger partial charge in [-0.3, -0.25) is 42.5 Å². The summed E-state index contributed by atoms with van der Waals surface area (Å²) in [5.74, 6) is 5.97. The van der Waals surface area contributed by atoms with Crippen molar-refractivity contribution in [2.75, 3.05) is 14.2 Å². The fraction of sp³-hybridized carbons (Fsp3) is 1.00. The Morgan fingerprint density at radius 3 is 0.578 bits per heavy atom. The molecular formula is C34H64N8O2Si. The smallest absolute Gasteiger partial charge is 0.303 e. The van der Waals surface area contributed by atoms with Crippen molar-refractivity contribution in [1.29, 1.82) is 0 Å². The molecule has 45 heavy (non-hydrogen) atoms. The van der Waals surface area contributed by atoms with Gasteiger partial charge < -0.3 is 8.85 Å². The predicted octanol–water partition coefficient (Wildman–Crippen LogP) is 1.88. The molecule has 0 aromatic carbocycles. The van der Waals surface area contributed by atoms with E-state index in [1.54, 1.807) is 14.2 Å². The molecule has 0 spiro atoms. The van der Waals surface area contributed by atoms with Crippen LogP contribution in [0.15, 0.2) is 0 Å². The van der Waals surface area contributed by atoms with Gasteiger partial charge in [0.1, 0.15) is 0 Å². The maximum atomic E-state index is 4.61. The predicted molar refractivity (Wildman–Crippen MR) is 180 cm³/mol. The standard InChI is InChI=1S/C32H56N8.C2H8O2Si/c1-2-10-18-17(9-1)25-33-26(18)38-28-21-13-5-6-14-22(21)30(35-28)40-32-24-16-8-7-15-23(24)31(36-32)39-29-20-12-4-3-11-19(20)27(34-29)37-25;1-3-5-4-2/h17-40H,1-16H2;5H2,1-2H3. The van der Waals surface area contributed by atoms with Gasteiger partial charge in [0.05, 0.1) is 49.3 Å². The first kappa shape index (κ1) is 32.0. The number of nitrogens with one attached hydrogen (secondary N) is 8. The highest BCUT2D eigenvalue weighted by Gasteiger charge is 2.54. The van der Waals surface area contributed by atoms with Crippen LogP contribution in [0.25, 0.3) is 0 Å². The zero-order valence-corrected chi connectivity index (χ0v) is 29.5. The molecule has 8 N–H and O–H groups in total. The van der Waals surface area contributed by atoms with E-state index in [-0.39, 0.29) is 0 Å². The van der Waals surface area contributed by atoms with E-state index in [4.69, 9.17) is 0 Å². The Kier molecular flexibility index (Phi) is 10.2. The summed E-state index contributed by atoms with van der Waals surface area (Å²) < 4.78 is 9.22. The van der Waals surface area contributed by atoms with Crippen LogP contribution >= 0.6 is 0 Å². The van der Waals surface area contributed by atoms with E-state index >= 15 is 0 Å². The summed E-state index contributed by atoms with van der Waals surface area (Å²) in [6.45, 7) is 0. The second kappa shape index (κ2) is 14.4. The molecule has 8 unspecified atom stereocenters. The molecule has 4 aliphatic carbocycles. The third-order valence-electron chi connectivity index (χ3n) is 14.0. The number of fused-ring (bicyclic) bond motifs is 20. The van der Waals surface area contributed by atoms with Crippen LogP contribution in [0.4, 0.5) is 0 Å². The lowest BCUT2D eigenvalue weighted by Crippen LogP contribution is -2.61. The Bertz CT molecular complexity index is 772. The lowest BCUT2D eigenvalue weighted by atomic mass is 9.76. The lowest BCUT2D eigenvalue weighted by molar-refractivity contribution is 0.167. The molecule has 11 heteroatoms. The molecule has 0 amide bonds. The summed E-state index contributed by atoms with van der Waals surface area (Å²) in [5.41, 5.74) is 0. The first-order valence-corrected chi connectivity index (χ1v) is 20.4. The fourth-order valence-corrected chi connectivity index (χ4v) is 12.3. The minimum atomic E-state index is -0.568. The van der Waals surface area contributed by atoms with E-state index < -0.39 is 10.0 Å². The van der Waals surface area contributed by atoms with Crippen LogP contribution in [0.1, 0.15) is 103 Å². The molecule has 0 aromatic heterocycles. The Morgan fingerprint density at radius 2 is 0.467 bits per heavy atom. The second-order valence-corrected chi connectivity index (χ2v) is 17.7. The average molecular weight is 645 g/mol. The van der Waals surface area contributed by atoms with E-state index in [2.05, 4.69) is 51.4 Å². The quantitative estimate of drug-likeness (QED) is 0.212. The Balaban J connectivity index is 0.000000560. The van der Waals surface area contributed by atoms with Crippen molar-refractivity contribution in [3.63, 3.8) is 0 Å². The van der Waals surface area contributed by atoms with Crippen molar-refractivity contribution in [2.45, 2.75) is 152 Å². The molecule has 8 atom stereocenters. The molecule has 4 saturated carbocycles. The van der Waals surface area contributed by atoms with E-state index in [9.17, 15) is 0 Å². The maximum Gasteiger partial charge on any atom is 0.303 e. The summed E-state index contributed by atoms with van der Waals surface area (Å²) in [4.78, 5) is 0. The fourth-order valence-electron chi connectivity index (χ4n) is 12.1. The van der Waals surface area contributed by atoms with Crippen molar-refractivity contribution in [3.8, 4) is 0 Å². The zero-order valence-electron chi connectivity index (χ0n) is 28.1. The zero-order chi connectivity index (χ0) is 30.3. The largest absolute Gasteiger partial charge is 0.402 e. The molecule has 0 radical (unpaired) electrons. The molecule has 5 aliphatic heterocycles. The molecule has 5 heterocycles. The molecule has 0 aromatic rings. The van der Waals surface area contributed by atoms with Crippen LogP contribution in [-0.4, -0.2) is 73.6 Å². The highest BCUT2D eigenvalue weighted by atomic mass is 28.3. The monoisotopic (exact) mass is 644 g/mol. The Morgan fingerprint density at radius 1 is 0.311 bits per heavy atom. The minimum Gasteiger partial charge on any atom is -0.402 e. The average Bonchev–Trinajstić information content (AvgIpc) is 3.81. The van der Waals surface area contributed by atoms with E-state index in [0.717, 1.165) is 47.3 Å². The summed E-state index contributed by atoms with van der Waals surface area (Å²) in [5, 5.41) is 33.8. The first-order valence-electron chi connectivity index (χ1n) is 19.3. The molecular weight excluding hydrogens is 581 g/mol. The van der Waals surface area contributed by atoms with Crippen LogP contribution in [0.2, 0.25) is 0 Å². The topological polar surface area (TPSA) is 115 Å². The highest BCUT2D eigenvalue weighted by molar-refractivity contribution is 6.17. The summed E-state index contributed by atoms with van der Waals surface area (Å²) >= 11 is 0. The molecule has 5 saturated heterocycles. The number of rotatable bonds is 2. The molecule has 10 nitrogen and oxygen atoms in total. The van der Waals surface area contributed by atoms with Crippen molar-refractivity contribution in [2.24, 2.45) is 47.3 Å². The van der Waals surface area contributed by atoms with Gasteiger partial charge in [-0.05, 0) is 98.7 Å². The highest BCUT2D eigenvalue weighted by Crippen LogP contribution is 2.45. The molecule has 9 rings (SSSR count). The summed E-state index contributed by atoms with van der Waals surface area (Å²) in [6, 6.07) is 0. The summed E-state index contributed by atoms with van der Waals surface area (Å²) in [6.07, 6.45) is 25.6. The normalized spacial score (nSPS) is 52.1. The maximum absolute atomic E-state index is 4.61. The van der Waals surface area contributed by atoms with Crippen LogP contribution < -0.4 is 42.5 Å². The van der Waals surface area contributed by atoms with Crippen molar-refractivity contribution >= 4 is 10.0 Å². The van der Waals surface area contributed by atoms with E-state index in [0.29, 0.717) is 49.3 Å². The van der Waals surface area contributed by atoms with Gasteiger partial charge in [-0.1, -0.05) is 51.4 Å². The van der Waals surface area contributed by atoms with Crippen molar-refractivity contribution < 1.29 is 8.85 Å². The van der Waals surface area contributed by atoms with Crippen LogP contribution in [0.5, 0.6) is 0 Å². The van der Waals surface area contributed by atoms with Gasteiger partial charge in [0.2, 0.25) is 0 Å². The SMILES string of the molecule is C1CCC2C3NC(NC4NC(NC5NC(NC6NC(N3)C3CCCCC63)C3CCCCC53)C3CCCCC43)C2C1.CO[SiH2]OC. The molecule has 9 fully saturated rings. The van der Waals surface area contributed by atoms with E-state index in [1.807, 2.05) is 0 Å². The van der Waals surface area contributed by atoms with Gasteiger partial charge in [-0.25, -0.2) is 0 Å². The number of hydrogen-bond acceptors (Lipinski definition) is 10. The van der Waals surface area contributed by atoms with Crippen LogP contribution in [-0.2, 0) is 8.85 Å². The van der Waals surface area contributed by atoms with Gasteiger partial charge in [0.15, 0.2) is 0 Å². The first-order chi connectivity index (χ1) is 22.2. The van der Waals surface area contributed by atoms with Gasteiger partial charge in [-0.15, -0.1) is 0 Å². The number of hydrogen-bond donors (Lipinski definition) is 8. The Labute approximate surface area is 274 Å². The van der Waals surface area contributed by atoms with Gasteiger partial charge in [0, 0.05) is 14.2 Å². The lowest BCUT2D eigenvalue weighted by Gasteiger charge is -2.35. The Hall–Kier alpha value is -0.183. The van der Waals surface area contributed by atoms with Gasteiger partial charge >= 0.3 is 10.0 Å². The van der Waals surface area contributed by atoms with Crippen LogP contribution in [0, 0.1) is 47.3 Å². The summed E-state index contributed by atoms with van der Waals surface area (Å²) in [7, 11) is 2.73. The van der Waals surface area contributed by atoms with Crippen molar-refractivity contribution in [1.82, 2.24) is 42.5 Å². The third kappa shape index (κ3) is 6.35. The second-order valence-electron chi connectivity index (χ2n) is 16.3. The minimum absolute atomic E-state index is 0.420. The third-order valence-corrected chi connectivity index (χ3v) is 14.5. The molecule has 8 bridgehead atoms. The molecule has 256 valence electrons.